The van der Waals surface area contributed by atoms with Crippen LogP contribution in [0.2, 0.25) is 0 Å². The number of carbonyl (C=O) groups excluding carboxylic acids is 1. The Hall–Kier alpha value is -1.81. The molecule has 0 saturated carbocycles. The van der Waals surface area contributed by atoms with Gasteiger partial charge in [-0.25, -0.2) is 4.79 Å². The number of ether oxygens (including phenoxy) is 1. The van der Waals surface area contributed by atoms with Crippen LogP contribution >= 0.6 is 11.3 Å². The van der Waals surface area contributed by atoms with Crippen molar-refractivity contribution in [1.29, 1.82) is 0 Å². The number of phenolic OH excluding ortho intramolecular Hbond substituents is 1. The average molecular weight is 346 g/mol. The largest absolute Gasteiger partial charge is 0.508 e. The Kier molecular flexibility index (Phi) is 6.05. The summed E-state index contributed by atoms with van der Waals surface area (Å²) >= 11 is 1.50. The van der Waals surface area contributed by atoms with Gasteiger partial charge in [0.1, 0.15) is 10.6 Å². The van der Waals surface area contributed by atoms with E-state index in [9.17, 15) is 9.90 Å². The van der Waals surface area contributed by atoms with Crippen LogP contribution in [0.4, 0.5) is 0 Å². The molecule has 3 nitrogen and oxygen atoms in total. The average Bonchev–Trinajstić information content (AvgIpc) is 3.09. The lowest BCUT2D eigenvalue weighted by Crippen LogP contribution is -2.25. The van der Waals surface area contributed by atoms with Gasteiger partial charge in [0, 0.05) is 10.3 Å². The minimum absolute atomic E-state index is 0.146. The van der Waals surface area contributed by atoms with E-state index in [1.54, 1.807) is 6.07 Å². The van der Waals surface area contributed by atoms with Crippen LogP contribution in [0.5, 0.6) is 5.75 Å². The van der Waals surface area contributed by atoms with Gasteiger partial charge < -0.3 is 9.84 Å². The molecule has 1 aromatic heterocycles. The number of methoxy groups -OCH3 is 1. The van der Waals surface area contributed by atoms with E-state index in [-0.39, 0.29) is 11.4 Å². The number of esters is 1. The summed E-state index contributed by atoms with van der Waals surface area (Å²) in [5.74, 6) is 0.0767. The predicted octanol–water partition coefficient (Wildman–Crippen LogP) is 5.30. The molecule has 130 valence electrons. The van der Waals surface area contributed by atoms with Crippen molar-refractivity contribution in [2.75, 3.05) is 7.11 Å². The lowest BCUT2D eigenvalue weighted by molar-refractivity contribution is 0.0606. The highest BCUT2D eigenvalue weighted by Gasteiger charge is 2.33. The Labute approximate surface area is 148 Å². The SMILES string of the molecule is CCCc1cc(C(CC)(CC)c2ccc(C(=O)OC)s2)ccc1O. The summed E-state index contributed by atoms with van der Waals surface area (Å²) in [4.78, 5) is 13.6. The van der Waals surface area contributed by atoms with Crippen molar-refractivity contribution in [3.63, 3.8) is 0 Å². The van der Waals surface area contributed by atoms with Crippen LogP contribution in [0.3, 0.4) is 0 Å². The maximum Gasteiger partial charge on any atom is 0.348 e. The first-order valence-corrected chi connectivity index (χ1v) is 9.35. The lowest BCUT2D eigenvalue weighted by Gasteiger charge is -2.32. The van der Waals surface area contributed by atoms with Gasteiger partial charge in [-0.15, -0.1) is 11.3 Å². The molecule has 2 rings (SSSR count). The monoisotopic (exact) mass is 346 g/mol. The molecule has 0 aliphatic carbocycles. The summed E-state index contributed by atoms with van der Waals surface area (Å²) in [6.45, 7) is 6.46. The third-order valence-corrected chi connectivity index (χ3v) is 6.09. The fraction of sp³-hybridized carbons (Fsp3) is 0.450. The smallest absolute Gasteiger partial charge is 0.348 e. The first-order chi connectivity index (χ1) is 11.5. The van der Waals surface area contributed by atoms with Crippen molar-refractivity contribution in [2.45, 2.75) is 51.9 Å². The topological polar surface area (TPSA) is 46.5 Å². The zero-order chi connectivity index (χ0) is 17.7. The number of carbonyl (C=O) groups is 1. The zero-order valence-corrected chi connectivity index (χ0v) is 15.7. The van der Waals surface area contributed by atoms with E-state index in [4.69, 9.17) is 4.74 Å². The maximum absolute atomic E-state index is 11.8. The van der Waals surface area contributed by atoms with E-state index in [0.29, 0.717) is 10.6 Å². The maximum atomic E-state index is 11.8. The van der Waals surface area contributed by atoms with Crippen LogP contribution in [0.1, 0.15) is 65.7 Å². The van der Waals surface area contributed by atoms with Crippen molar-refractivity contribution >= 4 is 17.3 Å². The molecule has 2 aromatic rings. The van der Waals surface area contributed by atoms with Gasteiger partial charge in [-0.3, -0.25) is 0 Å². The molecule has 1 aromatic carbocycles. The van der Waals surface area contributed by atoms with Gasteiger partial charge in [-0.1, -0.05) is 39.3 Å². The molecule has 0 amide bonds. The summed E-state index contributed by atoms with van der Waals surface area (Å²) in [6.07, 6.45) is 3.72. The number of hydrogen-bond donors (Lipinski definition) is 1. The van der Waals surface area contributed by atoms with E-state index in [1.807, 2.05) is 18.2 Å². The molecule has 24 heavy (non-hydrogen) atoms. The Morgan fingerprint density at radius 1 is 1.17 bits per heavy atom. The third-order valence-electron chi connectivity index (χ3n) is 4.82. The standard InChI is InChI=1S/C20H26O3S/c1-5-8-14-13-15(9-10-16(14)21)20(6-2,7-3)18-12-11-17(24-18)19(22)23-4/h9-13,21H,5-8H2,1-4H3. The van der Waals surface area contributed by atoms with Crippen LogP contribution in [0.15, 0.2) is 30.3 Å². The van der Waals surface area contributed by atoms with E-state index in [1.165, 1.54) is 28.9 Å². The Bertz CT molecular complexity index is 699. The minimum Gasteiger partial charge on any atom is -0.508 e. The number of phenols is 1. The second kappa shape index (κ2) is 7.84. The highest BCUT2D eigenvalue weighted by Crippen LogP contribution is 2.43. The van der Waals surface area contributed by atoms with E-state index in [2.05, 4.69) is 26.8 Å². The summed E-state index contributed by atoms with van der Waals surface area (Å²) < 4.78 is 4.84. The van der Waals surface area contributed by atoms with E-state index >= 15 is 0 Å². The van der Waals surface area contributed by atoms with Crippen molar-refractivity contribution in [2.24, 2.45) is 0 Å². The molecule has 0 spiro atoms. The van der Waals surface area contributed by atoms with Crippen LogP contribution in [0, 0.1) is 0 Å². The molecule has 1 N–H and O–H groups in total. The van der Waals surface area contributed by atoms with Gasteiger partial charge in [0.25, 0.3) is 0 Å². The van der Waals surface area contributed by atoms with Crippen LogP contribution in [-0.4, -0.2) is 18.2 Å². The van der Waals surface area contributed by atoms with Crippen molar-refractivity contribution in [1.82, 2.24) is 0 Å². The Morgan fingerprint density at radius 2 is 1.88 bits per heavy atom. The fourth-order valence-electron chi connectivity index (χ4n) is 3.31. The van der Waals surface area contributed by atoms with Gasteiger partial charge >= 0.3 is 5.97 Å². The number of benzene rings is 1. The van der Waals surface area contributed by atoms with Crippen LogP contribution in [-0.2, 0) is 16.6 Å². The second-order valence-electron chi connectivity index (χ2n) is 6.04. The highest BCUT2D eigenvalue weighted by molar-refractivity contribution is 7.14. The molecule has 0 fully saturated rings. The molecule has 0 radical (unpaired) electrons. The second-order valence-corrected chi connectivity index (χ2v) is 7.12. The van der Waals surface area contributed by atoms with Gasteiger partial charge in [-0.2, -0.15) is 0 Å². The molecule has 0 unspecified atom stereocenters. The third kappa shape index (κ3) is 3.34. The quantitative estimate of drug-likeness (QED) is 0.692. The van der Waals surface area contributed by atoms with Crippen LogP contribution < -0.4 is 0 Å². The number of aryl methyl sites for hydroxylation is 1. The van der Waals surface area contributed by atoms with Crippen molar-refractivity contribution in [3.05, 3.63) is 51.2 Å². The number of thiophene rings is 1. The predicted molar refractivity (Wildman–Crippen MR) is 99.1 cm³/mol. The first-order valence-electron chi connectivity index (χ1n) is 8.53. The summed E-state index contributed by atoms with van der Waals surface area (Å²) in [6, 6.07) is 9.83. The molecule has 0 aliphatic heterocycles. The molecule has 4 heteroatoms. The van der Waals surface area contributed by atoms with Crippen molar-refractivity contribution in [3.8, 4) is 5.75 Å². The van der Waals surface area contributed by atoms with E-state index < -0.39 is 0 Å². The molecule has 0 bridgehead atoms. The normalized spacial score (nSPS) is 11.5. The first kappa shape index (κ1) is 18.5. The summed E-state index contributed by atoms with van der Waals surface area (Å²) in [5, 5.41) is 10.1. The minimum atomic E-state index is -0.287. The molecule has 0 saturated heterocycles. The molecule has 0 atom stereocenters. The molecular weight excluding hydrogens is 320 g/mol. The van der Waals surface area contributed by atoms with Gasteiger partial charge in [-0.05, 0) is 48.6 Å². The van der Waals surface area contributed by atoms with Gasteiger partial charge in [0.05, 0.1) is 7.11 Å². The molecule has 0 aliphatic rings. The Balaban J connectivity index is 2.53. The number of hydrogen-bond acceptors (Lipinski definition) is 4. The highest BCUT2D eigenvalue weighted by atomic mass is 32.1. The molecule has 1 heterocycles. The number of rotatable bonds is 7. The lowest BCUT2D eigenvalue weighted by atomic mass is 9.74. The summed E-state index contributed by atoms with van der Waals surface area (Å²) in [5.41, 5.74) is 2.05. The molecular formula is C20H26O3S. The van der Waals surface area contributed by atoms with Crippen molar-refractivity contribution < 1.29 is 14.6 Å². The van der Waals surface area contributed by atoms with E-state index in [0.717, 1.165) is 31.2 Å². The van der Waals surface area contributed by atoms with Gasteiger partial charge in [0.15, 0.2) is 0 Å². The fourth-order valence-corrected chi connectivity index (χ4v) is 4.58. The number of aromatic hydroxyl groups is 1. The van der Waals surface area contributed by atoms with Crippen LogP contribution in [0.25, 0.3) is 0 Å². The Morgan fingerprint density at radius 3 is 2.46 bits per heavy atom. The summed E-state index contributed by atoms with van der Waals surface area (Å²) in [7, 11) is 1.41. The zero-order valence-electron chi connectivity index (χ0n) is 14.9. The van der Waals surface area contributed by atoms with Gasteiger partial charge in [0.2, 0.25) is 0 Å².